The molecule has 4 rings (SSSR count). The molecule has 0 saturated carbocycles. The fourth-order valence-electron chi connectivity index (χ4n) is 4.24. The van der Waals surface area contributed by atoms with Crippen molar-refractivity contribution < 1.29 is 27.5 Å². The lowest BCUT2D eigenvalue weighted by molar-refractivity contribution is -0.134. The number of nitrogens with zero attached hydrogens (tertiary/aromatic N) is 2. The van der Waals surface area contributed by atoms with Crippen molar-refractivity contribution in [2.24, 2.45) is 0 Å². The van der Waals surface area contributed by atoms with Crippen molar-refractivity contribution >= 4 is 33.4 Å². The number of anilines is 1. The summed E-state index contributed by atoms with van der Waals surface area (Å²) in [4.78, 5) is 41.6. The number of sulfone groups is 1. The molecule has 2 aromatic carbocycles. The maximum Gasteiger partial charge on any atom is 0.325 e. The van der Waals surface area contributed by atoms with Gasteiger partial charge in [0.25, 0.3) is 5.91 Å². The first-order valence-corrected chi connectivity index (χ1v) is 12.4. The van der Waals surface area contributed by atoms with Crippen LogP contribution in [0.1, 0.15) is 24.5 Å². The molecule has 2 aromatic rings. The Morgan fingerprint density at radius 3 is 2.48 bits per heavy atom. The van der Waals surface area contributed by atoms with Crippen LogP contribution in [0.3, 0.4) is 0 Å². The SMILES string of the molecule is COc1ccc(C2(C)NC(=O)N(CC(=O)N3CCCc4cc(S(C)(=O)=O)ccc43)C2=O)cc1. The van der Waals surface area contributed by atoms with E-state index in [9.17, 15) is 22.8 Å². The van der Waals surface area contributed by atoms with Crippen LogP contribution in [0.4, 0.5) is 10.5 Å². The second kappa shape index (κ2) is 8.18. The number of carbonyl (C=O) groups is 3. The van der Waals surface area contributed by atoms with Crippen LogP contribution in [0.25, 0.3) is 0 Å². The number of benzene rings is 2. The highest BCUT2D eigenvalue weighted by Gasteiger charge is 2.49. The first-order chi connectivity index (χ1) is 15.5. The van der Waals surface area contributed by atoms with Crippen LogP contribution in [0, 0.1) is 0 Å². The minimum atomic E-state index is -3.37. The molecule has 174 valence electrons. The van der Waals surface area contributed by atoms with E-state index in [1.54, 1.807) is 43.3 Å². The Labute approximate surface area is 192 Å². The molecule has 0 aromatic heterocycles. The maximum absolute atomic E-state index is 13.2. The van der Waals surface area contributed by atoms with Gasteiger partial charge in [0.05, 0.1) is 12.0 Å². The minimum Gasteiger partial charge on any atom is -0.497 e. The van der Waals surface area contributed by atoms with Crippen LogP contribution in [-0.4, -0.2) is 57.6 Å². The summed E-state index contributed by atoms with van der Waals surface area (Å²) < 4.78 is 28.9. The quantitative estimate of drug-likeness (QED) is 0.666. The molecule has 1 saturated heterocycles. The molecule has 4 amide bonds. The van der Waals surface area contributed by atoms with E-state index >= 15 is 0 Å². The molecule has 1 unspecified atom stereocenters. The summed E-state index contributed by atoms with van der Waals surface area (Å²) in [5, 5.41) is 2.69. The van der Waals surface area contributed by atoms with Crippen LogP contribution in [0.15, 0.2) is 47.4 Å². The van der Waals surface area contributed by atoms with Gasteiger partial charge in [0.1, 0.15) is 17.8 Å². The van der Waals surface area contributed by atoms with Gasteiger partial charge in [-0.15, -0.1) is 0 Å². The molecule has 33 heavy (non-hydrogen) atoms. The number of amides is 4. The van der Waals surface area contributed by atoms with E-state index in [2.05, 4.69) is 5.32 Å². The number of fused-ring (bicyclic) bond motifs is 1. The average molecular weight is 472 g/mol. The van der Waals surface area contributed by atoms with Crippen LogP contribution in [0.5, 0.6) is 5.75 Å². The highest BCUT2D eigenvalue weighted by Crippen LogP contribution is 2.32. The van der Waals surface area contributed by atoms with Gasteiger partial charge < -0.3 is 15.0 Å². The molecule has 1 N–H and O–H groups in total. The van der Waals surface area contributed by atoms with E-state index in [4.69, 9.17) is 4.74 Å². The lowest BCUT2D eigenvalue weighted by atomic mass is 9.92. The van der Waals surface area contributed by atoms with Crippen LogP contribution in [-0.2, 0) is 31.4 Å². The zero-order chi connectivity index (χ0) is 24.0. The third-order valence-corrected chi connectivity index (χ3v) is 7.24. The number of carbonyl (C=O) groups excluding carboxylic acids is 3. The van der Waals surface area contributed by atoms with E-state index in [1.807, 2.05) is 0 Å². The summed E-state index contributed by atoms with van der Waals surface area (Å²) in [5.41, 5.74) is 0.628. The number of urea groups is 1. The van der Waals surface area contributed by atoms with Gasteiger partial charge in [-0.2, -0.15) is 0 Å². The fraction of sp³-hybridized carbons (Fsp3) is 0.348. The molecule has 0 aliphatic carbocycles. The number of nitrogens with one attached hydrogen (secondary N) is 1. The summed E-state index contributed by atoms with van der Waals surface area (Å²) in [6, 6.07) is 10.8. The first-order valence-electron chi connectivity index (χ1n) is 10.5. The number of hydrogen-bond acceptors (Lipinski definition) is 6. The van der Waals surface area contributed by atoms with Crippen molar-refractivity contribution in [1.82, 2.24) is 10.2 Å². The second-order valence-corrected chi connectivity index (χ2v) is 10.4. The number of rotatable bonds is 5. The van der Waals surface area contributed by atoms with Crippen LogP contribution < -0.4 is 15.0 Å². The molecule has 1 atom stereocenters. The molecule has 0 spiro atoms. The van der Waals surface area contributed by atoms with Crippen molar-refractivity contribution in [1.29, 1.82) is 0 Å². The summed E-state index contributed by atoms with van der Waals surface area (Å²) in [5.74, 6) is -0.310. The summed E-state index contributed by atoms with van der Waals surface area (Å²) >= 11 is 0. The van der Waals surface area contributed by atoms with E-state index in [0.29, 0.717) is 36.4 Å². The Bertz CT molecular complexity index is 1240. The van der Waals surface area contributed by atoms with Crippen molar-refractivity contribution in [3.05, 3.63) is 53.6 Å². The molecule has 2 aliphatic heterocycles. The monoisotopic (exact) mass is 471 g/mol. The van der Waals surface area contributed by atoms with E-state index in [-0.39, 0.29) is 4.90 Å². The summed E-state index contributed by atoms with van der Waals surface area (Å²) in [6.45, 7) is 1.61. The van der Waals surface area contributed by atoms with E-state index in [1.165, 1.54) is 18.1 Å². The Morgan fingerprint density at radius 1 is 1.15 bits per heavy atom. The van der Waals surface area contributed by atoms with Crippen molar-refractivity contribution in [3.8, 4) is 5.75 Å². The number of aryl methyl sites for hydroxylation is 1. The van der Waals surface area contributed by atoms with Gasteiger partial charge in [-0.25, -0.2) is 13.2 Å². The van der Waals surface area contributed by atoms with Gasteiger partial charge in [0.2, 0.25) is 5.91 Å². The molecule has 10 heteroatoms. The van der Waals surface area contributed by atoms with Crippen molar-refractivity contribution in [2.75, 3.05) is 31.4 Å². The van der Waals surface area contributed by atoms with Gasteiger partial charge in [-0.05, 0) is 61.2 Å². The Kier molecular flexibility index (Phi) is 5.65. The maximum atomic E-state index is 13.2. The zero-order valence-electron chi connectivity index (χ0n) is 18.6. The fourth-order valence-corrected chi connectivity index (χ4v) is 4.92. The third kappa shape index (κ3) is 4.06. The topological polar surface area (TPSA) is 113 Å². The number of hydrogen-bond donors (Lipinski definition) is 1. The Hall–Kier alpha value is -3.40. The predicted octanol–water partition coefficient (Wildman–Crippen LogP) is 1.85. The average Bonchev–Trinajstić information content (AvgIpc) is 3.01. The van der Waals surface area contributed by atoms with Crippen LogP contribution in [0.2, 0.25) is 0 Å². The highest BCUT2D eigenvalue weighted by atomic mass is 32.2. The van der Waals surface area contributed by atoms with E-state index in [0.717, 1.165) is 16.7 Å². The standard InChI is InChI=1S/C23H25N3O6S/c1-23(16-6-8-17(32-2)9-7-16)21(28)26(22(29)24-23)14-20(27)25-12-4-5-15-13-18(33(3,30)31)10-11-19(15)25/h6-11,13H,4-5,12,14H2,1-3H3,(H,24,29). The van der Waals surface area contributed by atoms with Crippen LogP contribution >= 0.6 is 0 Å². The predicted molar refractivity (Wildman–Crippen MR) is 121 cm³/mol. The lowest BCUT2D eigenvalue weighted by Gasteiger charge is -2.31. The highest BCUT2D eigenvalue weighted by molar-refractivity contribution is 7.90. The number of methoxy groups -OCH3 is 1. The van der Waals surface area contributed by atoms with Crippen molar-refractivity contribution in [3.63, 3.8) is 0 Å². The number of ether oxygens (including phenoxy) is 1. The molecule has 2 aliphatic rings. The molecular formula is C23H25N3O6S. The molecular weight excluding hydrogens is 446 g/mol. The van der Waals surface area contributed by atoms with Gasteiger partial charge >= 0.3 is 6.03 Å². The van der Waals surface area contributed by atoms with E-state index < -0.39 is 39.8 Å². The third-order valence-electron chi connectivity index (χ3n) is 6.13. The molecule has 2 heterocycles. The molecule has 1 fully saturated rings. The number of imide groups is 1. The largest absolute Gasteiger partial charge is 0.497 e. The molecule has 0 radical (unpaired) electrons. The van der Waals surface area contributed by atoms with Gasteiger partial charge in [0.15, 0.2) is 9.84 Å². The molecule has 0 bridgehead atoms. The second-order valence-electron chi connectivity index (χ2n) is 8.39. The Balaban J connectivity index is 1.56. The smallest absolute Gasteiger partial charge is 0.325 e. The first kappa shape index (κ1) is 22.8. The minimum absolute atomic E-state index is 0.194. The van der Waals surface area contributed by atoms with Crippen molar-refractivity contribution in [2.45, 2.75) is 30.2 Å². The normalized spacial score (nSPS) is 20.5. The van der Waals surface area contributed by atoms with Gasteiger partial charge in [-0.3, -0.25) is 14.5 Å². The summed E-state index contributed by atoms with van der Waals surface area (Å²) in [7, 11) is -1.83. The molecule has 9 nitrogen and oxygen atoms in total. The van der Waals surface area contributed by atoms with Gasteiger partial charge in [-0.1, -0.05) is 12.1 Å². The lowest BCUT2D eigenvalue weighted by Crippen LogP contribution is -2.46. The summed E-state index contributed by atoms with van der Waals surface area (Å²) in [6.07, 6.45) is 2.43. The van der Waals surface area contributed by atoms with Gasteiger partial charge in [0, 0.05) is 18.5 Å². The zero-order valence-corrected chi connectivity index (χ0v) is 19.4. The Morgan fingerprint density at radius 2 is 1.85 bits per heavy atom.